The number of benzene rings is 1. The van der Waals surface area contributed by atoms with Gasteiger partial charge in [0.2, 0.25) is 0 Å². The summed E-state index contributed by atoms with van der Waals surface area (Å²) in [5.74, 6) is 1.72. The van der Waals surface area contributed by atoms with Crippen molar-refractivity contribution >= 4 is 17.4 Å². The molecular formula is C16H19ClN2O. The van der Waals surface area contributed by atoms with Crippen LogP contribution in [0, 0.1) is 6.92 Å². The van der Waals surface area contributed by atoms with Crippen molar-refractivity contribution in [1.82, 2.24) is 4.98 Å². The average Bonchev–Trinajstić information content (AvgIpc) is 2.37. The average molecular weight is 291 g/mol. The summed E-state index contributed by atoms with van der Waals surface area (Å²) in [5.41, 5.74) is 8.78. The molecule has 0 aliphatic heterocycles. The number of nitrogens with two attached hydrogens (primary N) is 1. The number of aryl methyl sites for hydroxylation is 1. The molecule has 2 N–H and O–H groups in total. The zero-order chi connectivity index (χ0) is 14.7. The van der Waals surface area contributed by atoms with E-state index in [4.69, 9.17) is 22.1 Å². The second kappa shape index (κ2) is 6.14. The summed E-state index contributed by atoms with van der Waals surface area (Å²) in [6.45, 7) is 6.69. The number of pyridine rings is 1. The summed E-state index contributed by atoms with van der Waals surface area (Å²) in [6, 6.07) is 7.68. The highest BCUT2D eigenvalue weighted by Crippen LogP contribution is 2.31. The third-order valence-corrected chi connectivity index (χ3v) is 3.48. The minimum atomic E-state index is 0.363. The highest BCUT2D eigenvalue weighted by Gasteiger charge is 2.10. The Bertz CT molecular complexity index is 611. The van der Waals surface area contributed by atoms with E-state index in [0.717, 1.165) is 27.5 Å². The Morgan fingerprint density at radius 1 is 1.30 bits per heavy atom. The first-order valence-corrected chi connectivity index (χ1v) is 6.98. The van der Waals surface area contributed by atoms with E-state index < -0.39 is 0 Å². The molecule has 0 radical (unpaired) electrons. The van der Waals surface area contributed by atoms with Crippen LogP contribution in [0.5, 0.6) is 5.75 Å². The van der Waals surface area contributed by atoms with Crippen LogP contribution in [0.25, 0.3) is 0 Å². The van der Waals surface area contributed by atoms with Crippen molar-refractivity contribution in [2.24, 2.45) is 0 Å². The number of anilines is 1. The number of nitrogen functional groups attached to an aromatic ring is 1. The van der Waals surface area contributed by atoms with E-state index in [0.29, 0.717) is 18.3 Å². The second-order valence-electron chi connectivity index (χ2n) is 5.17. The maximum Gasteiger partial charge on any atom is 0.123 e. The summed E-state index contributed by atoms with van der Waals surface area (Å²) in [6.07, 6.45) is 1.68. The monoisotopic (exact) mass is 290 g/mol. The van der Waals surface area contributed by atoms with Crippen LogP contribution in [0.1, 0.15) is 36.5 Å². The van der Waals surface area contributed by atoms with Gasteiger partial charge in [0.15, 0.2) is 0 Å². The summed E-state index contributed by atoms with van der Waals surface area (Å²) < 4.78 is 5.88. The van der Waals surface area contributed by atoms with Crippen molar-refractivity contribution in [2.45, 2.75) is 33.3 Å². The third kappa shape index (κ3) is 3.42. The summed E-state index contributed by atoms with van der Waals surface area (Å²) >= 11 is 6.25. The molecule has 0 amide bonds. The summed E-state index contributed by atoms with van der Waals surface area (Å²) in [5, 5.41) is 0.790. The molecule has 2 rings (SSSR count). The topological polar surface area (TPSA) is 48.1 Å². The largest absolute Gasteiger partial charge is 0.489 e. The van der Waals surface area contributed by atoms with Gasteiger partial charge < -0.3 is 10.5 Å². The smallest absolute Gasteiger partial charge is 0.123 e. The molecule has 1 aromatic carbocycles. The van der Waals surface area contributed by atoms with Gasteiger partial charge in [0, 0.05) is 11.2 Å². The standard InChI is InChI=1S/C16H19ClN2O/c1-10(2)13-8-15(11(3)6-14(13)17)20-9-12-4-5-19-16(18)7-12/h4-8,10H,9H2,1-3H3,(H2,18,19). The molecular weight excluding hydrogens is 272 g/mol. The molecule has 0 aliphatic rings. The molecule has 1 aromatic heterocycles. The van der Waals surface area contributed by atoms with Crippen molar-refractivity contribution in [3.63, 3.8) is 0 Å². The van der Waals surface area contributed by atoms with Crippen LogP contribution in [0.3, 0.4) is 0 Å². The van der Waals surface area contributed by atoms with Gasteiger partial charge in [0.1, 0.15) is 18.2 Å². The third-order valence-electron chi connectivity index (χ3n) is 3.16. The lowest BCUT2D eigenvalue weighted by molar-refractivity contribution is 0.303. The Balaban J connectivity index is 2.19. The van der Waals surface area contributed by atoms with Gasteiger partial charge in [-0.1, -0.05) is 25.4 Å². The summed E-state index contributed by atoms with van der Waals surface area (Å²) in [4.78, 5) is 3.97. The Morgan fingerprint density at radius 2 is 2.05 bits per heavy atom. The van der Waals surface area contributed by atoms with Gasteiger partial charge in [-0.25, -0.2) is 4.98 Å². The lowest BCUT2D eigenvalue weighted by Crippen LogP contribution is -2.00. The van der Waals surface area contributed by atoms with Crippen LogP contribution in [0.2, 0.25) is 5.02 Å². The molecule has 0 saturated heterocycles. The van der Waals surface area contributed by atoms with E-state index in [2.05, 4.69) is 18.8 Å². The Labute approximate surface area is 124 Å². The quantitative estimate of drug-likeness (QED) is 0.912. The normalized spacial score (nSPS) is 10.8. The Hall–Kier alpha value is -1.74. The van der Waals surface area contributed by atoms with Gasteiger partial charge in [-0.05, 0) is 53.8 Å². The van der Waals surface area contributed by atoms with Crippen LogP contribution >= 0.6 is 11.6 Å². The summed E-state index contributed by atoms with van der Waals surface area (Å²) in [7, 11) is 0. The number of nitrogens with zero attached hydrogens (tertiary/aromatic N) is 1. The molecule has 0 saturated carbocycles. The highest BCUT2D eigenvalue weighted by molar-refractivity contribution is 6.31. The van der Waals surface area contributed by atoms with E-state index in [1.807, 2.05) is 31.2 Å². The van der Waals surface area contributed by atoms with Gasteiger partial charge in [0.25, 0.3) is 0 Å². The number of aromatic nitrogens is 1. The van der Waals surface area contributed by atoms with Crippen LogP contribution in [0.4, 0.5) is 5.82 Å². The minimum Gasteiger partial charge on any atom is -0.489 e. The fourth-order valence-electron chi connectivity index (χ4n) is 2.01. The molecule has 3 nitrogen and oxygen atoms in total. The molecule has 0 fully saturated rings. The van der Waals surface area contributed by atoms with Crippen LogP contribution < -0.4 is 10.5 Å². The zero-order valence-electron chi connectivity index (χ0n) is 12.0. The fraction of sp³-hybridized carbons (Fsp3) is 0.312. The number of rotatable bonds is 4. The van der Waals surface area contributed by atoms with Crippen molar-refractivity contribution in [3.05, 3.63) is 52.2 Å². The predicted octanol–water partition coefficient (Wildman–Crippen LogP) is 4.33. The maximum atomic E-state index is 6.25. The molecule has 0 aliphatic carbocycles. The van der Waals surface area contributed by atoms with Gasteiger partial charge in [-0.3, -0.25) is 0 Å². The van der Waals surface area contributed by atoms with Crippen LogP contribution in [0.15, 0.2) is 30.5 Å². The first-order chi connectivity index (χ1) is 9.47. The molecule has 106 valence electrons. The Kier molecular flexibility index (Phi) is 4.50. The van der Waals surface area contributed by atoms with Crippen LogP contribution in [-0.4, -0.2) is 4.98 Å². The van der Waals surface area contributed by atoms with Crippen molar-refractivity contribution in [3.8, 4) is 5.75 Å². The molecule has 2 aromatic rings. The maximum absolute atomic E-state index is 6.25. The SMILES string of the molecule is Cc1cc(Cl)c(C(C)C)cc1OCc1ccnc(N)c1. The lowest BCUT2D eigenvalue weighted by Gasteiger charge is -2.14. The Morgan fingerprint density at radius 3 is 2.70 bits per heavy atom. The number of hydrogen-bond donors (Lipinski definition) is 1. The molecule has 20 heavy (non-hydrogen) atoms. The first-order valence-electron chi connectivity index (χ1n) is 6.60. The van der Waals surface area contributed by atoms with E-state index in [1.165, 1.54) is 0 Å². The molecule has 0 atom stereocenters. The predicted molar refractivity (Wildman–Crippen MR) is 83.3 cm³/mol. The highest BCUT2D eigenvalue weighted by atomic mass is 35.5. The molecule has 4 heteroatoms. The van der Waals surface area contributed by atoms with E-state index in [9.17, 15) is 0 Å². The molecule has 0 spiro atoms. The van der Waals surface area contributed by atoms with Crippen LogP contribution in [-0.2, 0) is 6.61 Å². The van der Waals surface area contributed by atoms with Gasteiger partial charge >= 0.3 is 0 Å². The van der Waals surface area contributed by atoms with Gasteiger partial charge in [-0.15, -0.1) is 0 Å². The number of halogens is 1. The molecule has 0 bridgehead atoms. The van der Waals surface area contributed by atoms with Gasteiger partial charge in [0.05, 0.1) is 0 Å². The van der Waals surface area contributed by atoms with Crippen molar-refractivity contribution in [2.75, 3.05) is 5.73 Å². The minimum absolute atomic E-state index is 0.363. The number of hydrogen-bond acceptors (Lipinski definition) is 3. The van der Waals surface area contributed by atoms with E-state index in [-0.39, 0.29) is 0 Å². The fourth-order valence-corrected chi connectivity index (χ4v) is 2.45. The zero-order valence-corrected chi connectivity index (χ0v) is 12.7. The van der Waals surface area contributed by atoms with E-state index >= 15 is 0 Å². The lowest BCUT2D eigenvalue weighted by atomic mass is 10.0. The molecule has 1 heterocycles. The molecule has 0 unspecified atom stereocenters. The number of ether oxygens (including phenoxy) is 1. The van der Waals surface area contributed by atoms with E-state index in [1.54, 1.807) is 6.20 Å². The second-order valence-corrected chi connectivity index (χ2v) is 5.58. The van der Waals surface area contributed by atoms with Crippen molar-refractivity contribution in [1.29, 1.82) is 0 Å². The van der Waals surface area contributed by atoms with Crippen molar-refractivity contribution < 1.29 is 4.74 Å². The first kappa shape index (κ1) is 14.7. The van der Waals surface area contributed by atoms with Gasteiger partial charge in [-0.2, -0.15) is 0 Å².